The summed E-state index contributed by atoms with van der Waals surface area (Å²) in [6.45, 7) is 6.61. The molecule has 0 aliphatic carbocycles. The fourth-order valence-electron chi connectivity index (χ4n) is 3.03. The van der Waals surface area contributed by atoms with Gasteiger partial charge in [0.25, 0.3) is 0 Å². The number of hydrogen-bond donors (Lipinski definition) is 1. The van der Waals surface area contributed by atoms with Gasteiger partial charge in [-0.05, 0) is 49.4 Å². The van der Waals surface area contributed by atoms with Crippen LogP contribution in [0.25, 0.3) is 0 Å². The van der Waals surface area contributed by atoms with Crippen LogP contribution in [-0.2, 0) is 4.79 Å². The maximum Gasteiger partial charge on any atom is 0.224 e. The molecular weight excluding hydrogens is 260 g/mol. The third-order valence-corrected chi connectivity index (χ3v) is 4.19. The van der Waals surface area contributed by atoms with E-state index < -0.39 is 0 Å². The summed E-state index contributed by atoms with van der Waals surface area (Å²) < 4.78 is 0. The molecule has 1 saturated heterocycles. The first-order valence-corrected chi connectivity index (χ1v) is 8.34. The van der Waals surface area contributed by atoms with Crippen LogP contribution >= 0.6 is 0 Å². The lowest BCUT2D eigenvalue weighted by Gasteiger charge is -2.28. The molecular formula is C18H28N2O. The molecule has 1 amide bonds. The van der Waals surface area contributed by atoms with Crippen LogP contribution in [0.15, 0.2) is 24.3 Å². The predicted molar refractivity (Wildman–Crippen MR) is 89.8 cm³/mol. The van der Waals surface area contributed by atoms with E-state index in [9.17, 15) is 4.79 Å². The van der Waals surface area contributed by atoms with Crippen LogP contribution in [0.1, 0.15) is 52.4 Å². The Morgan fingerprint density at radius 3 is 2.48 bits per heavy atom. The molecule has 1 aromatic rings. The number of anilines is 2. The minimum atomic E-state index is 0.127. The Labute approximate surface area is 128 Å². The van der Waals surface area contributed by atoms with Crippen molar-refractivity contribution in [2.75, 3.05) is 23.3 Å². The van der Waals surface area contributed by atoms with Gasteiger partial charge in [0.1, 0.15) is 0 Å². The summed E-state index contributed by atoms with van der Waals surface area (Å²) in [6, 6.07) is 8.28. The van der Waals surface area contributed by atoms with Crippen LogP contribution in [0.4, 0.5) is 11.4 Å². The molecule has 1 fully saturated rings. The van der Waals surface area contributed by atoms with Crippen LogP contribution in [0.3, 0.4) is 0 Å². The lowest BCUT2D eigenvalue weighted by Crippen LogP contribution is -2.29. The number of nitrogens with zero attached hydrogens (tertiary/aromatic N) is 1. The zero-order valence-electron chi connectivity index (χ0n) is 13.4. The maximum atomic E-state index is 12.0. The second kappa shape index (κ2) is 8.06. The van der Waals surface area contributed by atoms with Gasteiger partial charge in [0.05, 0.1) is 0 Å². The van der Waals surface area contributed by atoms with Gasteiger partial charge in [-0.2, -0.15) is 0 Å². The van der Waals surface area contributed by atoms with E-state index in [0.29, 0.717) is 12.3 Å². The molecule has 1 unspecified atom stereocenters. The van der Waals surface area contributed by atoms with Crippen LogP contribution < -0.4 is 10.2 Å². The van der Waals surface area contributed by atoms with Crippen molar-refractivity contribution in [3.8, 4) is 0 Å². The highest BCUT2D eigenvalue weighted by atomic mass is 16.1. The van der Waals surface area contributed by atoms with Crippen molar-refractivity contribution in [1.29, 1.82) is 0 Å². The molecule has 3 nitrogen and oxygen atoms in total. The van der Waals surface area contributed by atoms with Crippen LogP contribution in [-0.4, -0.2) is 19.0 Å². The number of rotatable bonds is 6. The predicted octanol–water partition coefficient (Wildman–Crippen LogP) is 4.44. The van der Waals surface area contributed by atoms with Crippen LogP contribution in [0, 0.1) is 5.92 Å². The number of amides is 1. The monoisotopic (exact) mass is 288 g/mol. The molecule has 1 aromatic carbocycles. The molecule has 1 atom stereocenters. The van der Waals surface area contributed by atoms with Gasteiger partial charge in [-0.3, -0.25) is 4.79 Å². The second-order valence-corrected chi connectivity index (χ2v) is 6.24. The first-order valence-electron chi connectivity index (χ1n) is 8.34. The number of benzene rings is 1. The van der Waals surface area contributed by atoms with Gasteiger partial charge in [-0.1, -0.05) is 26.7 Å². The Kier molecular flexibility index (Phi) is 6.09. The lowest BCUT2D eigenvalue weighted by atomic mass is 10.0. The standard InChI is InChI=1S/C18H28N2O/c1-3-7-15(2)14-18(21)19-16-8-10-17(11-9-16)20-12-5-4-6-13-20/h8-11,15H,3-7,12-14H2,1-2H3,(H,19,21). The van der Waals surface area contributed by atoms with Gasteiger partial charge in [0, 0.05) is 30.9 Å². The molecule has 1 heterocycles. The van der Waals surface area contributed by atoms with Crippen molar-refractivity contribution in [3.63, 3.8) is 0 Å². The van der Waals surface area contributed by atoms with E-state index in [0.717, 1.165) is 31.6 Å². The maximum absolute atomic E-state index is 12.0. The molecule has 1 aliphatic heterocycles. The van der Waals surface area contributed by atoms with Crippen LogP contribution in [0.5, 0.6) is 0 Å². The average Bonchev–Trinajstić information content (AvgIpc) is 2.49. The third-order valence-electron chi connectivity index (χ3n) is 4.19. The zero-order valence-corrected chi connectivity index (χ0v) is 13.4. The van der Waals surface area contributed by atoms with Crippen molar-refractivity contribution >= 4 is 17.3 Å². The summed E-state index contributed by atoms with van der Waals surface area (Å²) in [7, 11) is 0. The van der Waals surface area contributed by atoms with Gasteiger partial charge >= 0.3 is 0 Å². The van der Waals surface area contributed by atoms with E-state index >= 15 is 0 Å². The molecule has 0 radical (unpaired) electrons. The van der Waals surface area contributed by atoms with Gasteiger partial charge < -0.3 is 10.2 Å². The summed E-state index contributed by atoms with van der Waals surface area (Å²) in [6.07, 6.45) is 6.78. The Hall–Kier alpha value is -1.51. The Morgan fingerprint density at radius 1 is 1.19 bits per heavy atom. The van der Waals surface area contributed by atoms with Crippen molar-refractivity contribution in [2.24, 2.45) is 5.92 Å². The number of nitrogens with one attached hydrogen (secondary N) is 1. The molecule has 21 heavy (non-hydrogen) atoms. The number of carbonyl (C=O) groups excluding carboxylic acids is 1. The minimum absolute atomic E-state index is 0.127. The van der Waals surface area contributed by atoms with Gasteiger partial charge in [0.2, 0.25) is 5.91 Å². The molecule has 1 N–H and O–H groups in total. The van der Waals surface area contributed by atoms with E-state index in [1.54, 1.807) is 0 Å². The molecule has 2 rings (SSSR count). The SMILES string of the molecule is CCCC(C)CC(=O)Nc1ccc(N2CCCCC2)cc1. The summed E-state index contributed by atoms with van der Waals surface area (Å²) in [5.41, 5.74) is 2.18. The van der Waals surface area contributed by atoms with Gasteiger partial charge in [-0.15, -0.1) is 0 Å². The first kappa shape index (κ1) is 15.9. The molecule has 3 heteroatoms. The Bertz CT molecular complexity index is 435. The van der Waals surface area contributed by atoms with E-state index in [1.165, 1.54) is 24.9 Å². The van der Waals surface area contributed by atoms with E-state index in [-0.39, 0.29) is 5.91 Å². The molecule has 0 aromatic heterocycles. The number of hydrogen-bond acceptors (Lipinski definition) is 2. The summed E-state index contributed by atoms with van der Waals surface area (Å²) in [5.74, 6) is 0.587. The second-order valence-electron chi connectivity index (χ2n) is 6.24. The topological polar surface area (TPSA) is 32.3 Å². The summed E-state index contributed by atoms with van der Waals surface area (Å²) in [5, 5.41) is 3.00. The quantitative estimate of drug-likeness (QED) is 0.839. The van der Waals surface area contributed by atoms with Crippen molar-refractivity contribution in [2.45, 2.75) is 52.4 Å². The van der Waals surface area contributed by atoms with Crippen LogP contribution in [0.2, 0.25) is 0 Å². The van der Waals surface area contributed by atoms with Crippen molar-refractivity contribution in [3.05, 3.63) is 24.3 Å². The molecule has 0 bridgehead atoms. The highest BCUT2D eigenvalue weighted by Gasteiger charge is 2.11. The van der Waals surface area contributed by atoms with Crippen molar-refractivity contribution in [1.82, 2.24) is 0 Å². The molecule has 0 saturated carbocycles. The molecule has 116 valence electrons. The van der Waals surface area contributed by atoms with E-state index in [1.807, 2.05) is 12.1 Å². The fourth-order valence-corrected chi connectivity index (χ4v) is 3.03. The largest absolute Gasteiger partial charge is 0.372 e. The van der Waals surface area contributed by atoms with E-state index in [4.69, 9.17) is 0 Å². The van der Waals surface area contributed by atoms with E-state index in [2.05, 4.69) is 36.2 Å². The first-order chi connectivity index (χ1) is 10.2. The van der Waals surface area contributed by atoms with Crippen molar-refractivity contribution < 1.29 is 4.79 Å². The highest BCUT2D eigenvalue weighted by Crippen LogP contribution is 2.22. The lowest BCUT2D eigenvalue weighted by molar-refractivity contribution is -0.117. The summed E-state index contributed by atoms with van der Waals surface area (Å²) >= 11 is 0. The number of piperidine rings is 1. The molecule has 1 aliphatic rings. The minimum Gasteiger partial charge on any atom is -0.372 e. The zero-order chi connectivity index (χ0) is 15.1. The molecule has 0 spiro atoms. The third kappa shape index (κ3) is 5.07. The normalized spacial score (nSPS) is 16.6. The smallest absolute Gasteiger partial charge is 0.224 e. The Morgan fingerprint density at radius 2 is 1.86 bits per heavy atom. The van der Waals surface area contributed by atoms with Gasteiger partial charge in [0.15, 0.2) is 0 Å². The van der Waals surface area contributed by atoms with Gasteiger partial charge in [-0.25, -0.2) is 0 Å². The average molecular weight is 288 g/mol. The summed E-state index contributed by atoms with van der Waals surface area (Å²) in [4.78, 5) is 14.4. The number of carbonyl (C=O) groups is 1. The highest BCUT2D eigenvalue weighted by molar-refractivity contribution is 5.91. The fraction of sp³-hybridized carbons (Fsp3) is 0.611. The Balaban J connectivity index is 1.85.